The summed E-state index contributed by atoms with van der Waals surface area (Å²) in [6.07, 6.45) is 3.70. The van der Waals surface area contributed by atoms with E-state index in [1.165, 1.54) is 5.39 Å². The molecular formula is C27H32N2O. The van der Waals surface area contributed by atoms with E-state index in [2.05, 4.69) is 73.5 Å². The lowest BCUT2D eigenvalue weighted by atomic mass is 9.85. The fourth-order valence-corrected chi connectivity index (χ4v) is 3.16. The van der Waals surface area contributed by atoms with Crippen molar-refractivity contribution in [1.29, 1.82) is 0 Å². The lowest BCUT2D eigenvalue weighted by molar-refractivity contribution is -0.121. The van der Waals surface area contributed by atoms with Crippen molar-refractivity contribution in [2.75, 3.05) is 0 Å². The fourth-order valence-electron chi connectivity index (χ4n) is 3.16. The highest BCUT2D eigenvalue weighted by Crippen LogP contribution is 2.27. The number of nitrogens with one attached hydrogen (secondary N) is 1. The van der Waals surface area contributed by atoms with Crippen LogP contribution in [-0.4, -0.2) is 10.8 Å². The van der Waals surface area contributed by atoms with Crippen molar-refractivity contribution >= 4 is 16.6 Å². The number of hydrogen-bond donors (Lipinski definition) is 1. The average molecular weight is 401 g/mol. The van der Waals surface area contributed by atoms with Crippen molar-refractivity contribution in [3.05, 3.63) is 78.1 Å². The van der Waals surface area contributed by atoms with Crippen LogP contribution in [0, 0.1) is 10.8 Å². The van der Waals surface area contributed by atoms with Crippen molar-refractivity contribution in [2.24, 2.45) is 10.8 Å². The molecule has 3 aromatic rings. The highest BCUT2D eigenvalue weighted by molar-refractivity contribution is 5.94. The van der Waals surface area contributed by atoms with Gasteiger partial charge in [-0.1, -0.05) is 84.0 Å². The number of nitrogens with zero attached hydrogens (tertiary/aromatic N) is 1. The quantitative estimate of drug-likeness (QED) is 0.495. The summed E-state index contributed by atoms with van der Waals surface area (Å²) in [7, 11) is 0. The Morgan fingerprint density at radius 2 is 1.60 bits per heavy atom. The highest BCUT2D eigenvalue weighted by Gasteiger charge is 2.24. The fraction of sp³-hybridized carbons (Fsp3) is 0.333. The van der Waals surface area contributed by atoms with Crippen molar-refractivity contribution in [1.82, 2.24) is 10.3 Å². The summed E-state index contributed by atoms with van der Waals surface area (Å²) in [5, 5.41) is 5.83. The Morgan fingerprint density at radius 3 is 2.27 bits per heavy atom. The Bertz CT molecular complexity index is 1080. The number of fused-ring (bicyclic) bond motifs is 1. The van der Waals surface area contributed by atoms with Crippen LogP contribution in [0.25, 0.3) is 22.0 Å². The molecule has 3 rings (SSSR count). The van der Waals surface area contributed by atoms with Gasteiger partial charge in [0.15, 0.2) is 5.78 Å². The minimum absolute atomic E-state index is 0.133. The molecule has 0 saturated heterocycles. The van der Waals surface area contributed by atoms with E-state index in [0.29, 0.717) is 6.54 Å². The number of carbonyl (C=O) groups excluding carboxylic acids is 1. The molecule has 0 atom stereocenters. The zero-order valence-corrected chi connectivity index (χ0v) is 18.9. The van der Waals surface area contributed by atoms with Crippen LogP contribution in [0.4, 0.5) is 0 Å². The van der Waals surface area contributed by atoms with Crippen molar-refractivity contribution in [3.63, 3.8) is 0 Å². The number of ketones is 1. The first-order valence-electron chi connectivity index (χ1n) is 10.5. The van der Waals surface area contributed by atoms with E-state index in [9.17, 15) is 4.79 Å². The van der Waals surface area contributed by atoms with Gasteiger partial charge in [0.05, 0.1) is 5.69 Å². The molecule has 2 aromatic carbocycles. The van der Waals surface area contributed by atoms with Gasteiger partial charge in [0.2, 0.25) is 0 Å². The monoisotopic (exact) mass is 400 g/mol. The molecule has 0 saturated carbocycles. The Hall–Kier alpha value is -2.94. The van der Waals surface area contributed by atoms with Crippen LogP contribution in [0.1, 0.15) is 47.1 Å². The van der Waals surface area contributed by atoms with E-state index < -0.39 is 0 Å². The number of rotatable bonds is 5. The van der Waals surface area contributed by atoms with E-state index in [1.807, 2.05) is 39.1 Å². The highest BCUT2D eigenvalue weighted by atomic mass is 16.1. The maximum atomic E-state index is 12.6. The van der Waals surface area contributed by atoms with Gasteiger partial charge in [-0.2, -0.15) is 0 Å². The third-order valence-electron chi connectivity index (χ3n) is 5.16. The van der Waals surface area contributed by atoms with Crippen LogP contribution in [-0.2, 0) is 11.3 Å². The van der Waals surface area contributed by atoms with Crippen LogP contribution < -0.4 is 5.32 Å². The molecule has 0 aliphatic carbocycles. The van der Waals surface area contributed by atoms with Crippen LogP contribution >= 0.6 is 0 Å². The predicted molar refractivity (Wildman–Crippen MR) is 126 cm³/mol. The molecule has 0 amide bonds. The maximum Gasteiger partial charge on any atom is 0.162 e. The molecule has 0 aliphatic rings. The molecule has 0 aliphatic heterocycles. The van der Waals surface area contributed by atoms with Gasteiger partial charge in [-0.05, 0) is 23.1 Å². The normalized spacial score (nSPS) is 12.8. The summed E-state index contributed by atoms with van der Waals surface area (Å²) in [6, 6.07) is 18.8. The second-order valence-corrected chi connectivity index (χ2v) is 9.89. The van der Waals surface area contributed by atoms with E-state index in [1.54, 1.807) is 6.08 Å². The summed E-state index contributed by atoms with van der Waals surface area (Å²) in [5.74, 6) is 0.133. The lowest BCUT2D eigenvalue weighted by Gasteiger charge is -2.26. The zero-order chi connectivity index (χ0) is 21.9. The van der Waals surface area contributed by atoms with E-state index >= 15 is 0 Å². The molecule has 0 radical (unpaired) electrons. The first-order valence-corrected chi connectivity index (χ1v) is 10.5. The SMILES string of the molecule is CC(C)(C)C(=O)C=C(NCc1cccc(-c2cc3ccccc3cn2)c1)C(C)(C)C. The molecule has 0 unspecified atom stereocenters. The Labute approximate surface area is 180 Å². The van der Waals surface area contributed by atoms with Crippen molar-refractivity contribution in [2.45, 2.75) is 48.1 Å². The molecular weight excluding hydrogens is 368 g/mol. The summed E-state index contributed by atoms with van der Waals surface area (Å²) in [6.45, 7) is 12.9. The largest absolute Gasteiger partial charge is 0.384 e. The third-order valence-corrected chi connectivity index (χ3v) is 5.16. The van der Waals surface area contributed by atoms with Gasteiger partial charge in [-0.3, -0.25) is 9.78 Å². The maximum absolute atomic E-state index is 12.6. The molecule has 3 nitrogen and oxygen atoms in total. The van der Waals surface area contributed by atoms with Gasteiger partial charge >= 0.3 is 0 Å². The molecule has 156 valence electrons. The number of hydrogen-bond acceptors (Lipinski definition) is 3. The number of carbonyl (C=O) groups is 1. The van der Waals surface area contributed by atoms with E-state index in [-0.39, 0.29) is 16.6 Å². The topological polar surface area (TPSA) is 42.0 Å². The molecule has 1 N–H and O–H groups in total. The number of pyridine rings is 1. The second kappa shape index (κ2) is 8.43. The minimum Gasteiger partial charge on any atom is -0.384 e. The number of aromatic nitrogens is 1. The van der Waals surface area contributed by atoms with E-state index in [0.717, 1.165) is 27.9 Å². The standard InChI is InChI=1S/C27H32N2O/c1-26(2,3)24(16-25(30)27(4,5)6)29-17-19-10-9-13-21(14-19)23-15-20-11-7-8-12-22(20)18-28-23/h7-16,18,29H,17H2,1-6H3. The van der Waals surface area contributed by atoms with Crippen LogP contribution in [0.5, 0.6) is 0 Å². The van der Waals surface area contributed by atoms with Crippen LogP contribution in [0.3, 0.4) is 0 Å². The Morgan fingerprint density at radius 1 is 0.900 bits per heavy atom. The number of benzene rings is 2. The Kier molecular flexibility index (Phi) is 6.12. The molecule has 1 heterocycles. The lowest BCUT2D eigenvalue weighted by Crippen LogP contribution is -2.27. The summed E-state index contributed by atoms with van der Waals surface area (Å²) >= 11 is 0. The zero-order valence-electron chi connectivity index (χ0n) is 18.9. The van der Waals surface area contributed by atoms with Gasteiger partial charge in [-0.25, -0.2) is 0 Å². The van der Waals surface area contributed by atoms with Crippen molar-refractivity contribution < 1.29 is 4.79 Å². The Balaban J connectivity index is 1.83. The third kappa shape index (κ3) is 5.35. The molecule has 0 spiro atoms. The first-order chi connectivity index (χ1) is 14.0. The summed E-state index contributed by atoms with van der Waals surface area (Å²) < 4.78 is 0. The van der Waals surface area contributed by atoms with Gasteiger partial charge in [0, 0.05) is 46.3 Å². The van der Waals surface area contributed by atoms with Gasteiger partial charge in [0.25, 0.3) is 0 Å². The predicted octanol–water partition coefficient (Wildman–Crippen LogP) is 6.54. The average Bonchev–Trinajstić information content (AvgIpc) is 2.69. The van der Waals surface area contributed by atoms with Crippen LogP contribution in [0.15, 0.2) is 72.6 Å². The molecule has 0 bridgehead atoms. The first kappa shape index (κ1) is 21.8. The second-order valence-electron chi connectivity index (χ2n) is 9.89. The van der Waals surface area contributed by atoms with Crippen molar-refractivity contribution in [3.8, 4) is 11.3 Å². The molecule has 1 aromatic heterocycles. The molecule has 30 heavy (non-hydrogen) atoms. The number of allylic oxidation sites excluding steroid dienone is 2. The summed E-state index contributed by atoms with van der Waals surface area (Å²) in [4.78, 5) is 17.2. The molecule has 3 heteroatoms. The van der Waals surface area contributed by atoms with E-state index in [4.69, 9.17) is 0 Å². The van der Waals surface area contributed by atoms with Gasteiger partial charge in [0.1, 0.15) is 0 Å². The van der Waals surface area contributed by atoms with Gasteiger partial charge < -0.3 is 5.32 Å². The van der Waals surface area contributed by atoms with Crippen LogP contribution in [0.2, 0.25) is 0 Å². The molecule has 0 fully saturated rings. The smallest absolute Gasteiger partial charge is 0.162 e. The van der Waals surface area contributed by atoms with Gasteiger partial charge in [-0.15, -0.1) is 0 Å². The minimum atomic E-state index is -0.389. The summed E-state index contributed by atoms with van der Waals surface area (Å²) in [5.41, 5.74) is 3.63.